The number of piperidine rings is 1. The lowest BCUT2D eigenvalue weighted by atomic mass is 9.96. The number of imidazole rings is 1. The number of rotatable bonds is 7. The van der Waals surface area contributed by atoms with Crippen LogP contribution < -0.4 is 10.2 Å². The smallest absolute Gasteiger partial charge is 0.223 e. The molecule has 3 aromatic carbocycles. The molecule has 4 aromatic rings. The first kappa shape index (κ1) is 22.2. The number of para-hydroxylation sites is 2. The normalized spacial score (nSPS) is 14.4. The lowest BCUT2D eigenvalue weighted by Gasteiger charge is -2.32. The molecule has 1 fully saturated rings. The van der Waals surface area contributed by atoms with E-state index in [2.05, 4.69) is 76.3 Å². The molecule has 1 aliphatic rings. The topological polar surface area (TPSA) is 50.2 Å². The molecule has 1 amide bonds. The van der Waals surface area contributed by atoms with Crippen molar-refractivity contribution in [1.82, 2.24) is 14.9 Å². The van der Waals surface area contributed by atoms with Crippen molar-refractivity contribution in [2.24, 2.45) is 5.92 Å². The third kappa shape index (κ3) is 4.98. The molecule has 1 N–H and O–H groups in total. The Morgan fingerprint density at radius 2 is 1.62 bits per heavy atom. The zero-order chi connectivity index (χ0) is 23.3. The van der Waals surface area contributed by atoms with E-state index >= 15 is 0 Å². The molecule has 0 spiro atoms. The Labute approximate surface area is 201 Å². The highest BCUT2D eigenvalue weighted by Crippen LogP contribution is 2.28. The summed E-state index contributed by atoms with van der Waals surface area (Å²) in [6.45, 7) is 5.28. The SMILES string of the molecule is Cc1ccc(Cn2c(N3CCC(C(=O)NCCc4ccccc4)CC3)nc3ccccc32)cc1. The lowest BCUT2D eigenvalue weighted by molar-refractivity contribution is -0.125. The number of amides is 1. The van der Waals surface area contributed by atoms with Gasteiger partial charge in [-0.2, -0.15) is 0 Å². The van der Waals surface area contributed by atoms with Crippen molar-refractivity contribution in [3.8, 4) is 0 Å². The highest BCUT2D eigenvalue weighted by atomic mass is 16.1. The molecule has 5 nitrogen and oxygen atoms in total. The molecule has 1 aromatic heterocycles. The summed E-state index contributed by atoms with van der Waals surface area (Å²) < 4.78 is 2.32. The van der Waals surface area contributed by atoms with Crippen molar-refractivity contribution in [2.45, 2.75) is 32.7 Å². The Kier molecular flexibility index (Phi) is 6.61. The van der Waals surface area contributed by atoms with Gasteiger partial charge in [-0.3, -0.25) is 4.79 Å². The molecule has 0 aliphatic carbocycles. The summed E-state index contributed by atoms with van der Waals surface area (Å²) in [7, 11) is 0. The zero-order valence-corrected chi connectivity index (χ0v) is 19.8. The van der Waals surface area contributed by atoms with E-state index in [4.69, 9.17) is 4.98 Å². The van der Waals surface area contributed by atoms with Crippen molar-refractivity contribution in [3.05, 3.63) is 95.6 Å². The number of nitrogens with one attached hydrogen (secondary N) is 1. The van der Waals surface area contributed by atoms with Crippen LogP contribution in [-0.4, -0.2) is 35.1 Å². The van der Waals surface area contributed by atoms with Gasteiger partial charge in [0.25, 0.3) is 0 Å². The minimum Gasteiger partial charge on any atom is -0.356 e. The van der Waals surface area contributed by atoms with Crippen LogP contribution in [0.3, 0.4) is 0 Å². The average Bonchev–Trinajstić information content (AvgIpc) is 3.24. The number of nitrogens with zero attached hydrogens (tertiary/aromatic N) is 3. The number of hydrogen-bond donors (Lipinski definition) is 1. The van der Waals surface area contributed by atoms with Crippen LogP contribution >= 0.6 is 0 Å². The van der Waals surface area contributed by atoms with E-state index in [1.807, 2.05) is 24.3 Å². The molecule has 0 atom stereocenters. The van der Waals surface area contributed by atoms with Crippen LogP contribution in [0, 0.1) is 12.8 Å². The maximum atomic E-state index is 12.8. The minimum absolute atomic E-state index is 0.0713. The Bertz CT molecular complexity index is 1240. The number of hydrogen-bond acceptors (Lipinski definition) is 3. The maximum absolute atomic E-state index is 12.8. The first-order valence-electron chi connectivity index (χ1n) is 12.2. The molecule has 174 valence electrons. The summed E-state index contributed by atoms with van der Waals surface area (Å²) in [5.74, 6) is 1.26. The predicted molar refractivity (Wildman–Crippen MR) is 138 cm³/mol. The fourth-order valence-electron chi connectivity index (χ4n) is 4.80. The van der Waals surface area contributed by atoms with Crippen LogP contribution in [-0.2, 0) is 17.8 Å². The monoisotopic (exact) mass is 452 g/mol. The van der Waals surface area contributed by atoms with Crippen molar-refractivity contribution >= 4 is 22.9 Å². The van der Waals surface area contributed by atoms with Crippen molar-refractivity contribution in [1.29, 1.82) is 0 Å². The number of aromatic nitrogens is 2. The Hall–Kier alpha value is -3.60. The average molecular weight is 453 g/mol. The molecule has 0 saturated carbocycles. The van der Waals surface area contributed by atoms with Crippen molar-refractivity contribution < 1.29 is 4.79 Å². The molecular formula is C29H32N4O. The number of anilines is 1. The quantitative estimate of drug-likeness (QED) is 0.431. The second kappa shape index (κ2) is 10.1. The van der Waals surface area contributed by atoms with Crippen molar-refractivity contribution in [2.75, 3.05) is 24.5 Å². The Morgan fingerprint density at radius 3 is 2.38 bits per heavy atom. The summed E-state index contributed by atoms with van der Waals surface area (Å²) in [4.78, 5) is 20.1. The van der Waals surface area contributed by atoms with Crippen molar-refractivity contribution in [3.63, 3.8) is 0 Å². The van der Waals surface area contributed by atoms with Crippen LogP contribution in [0.2, 0.25) is 0 Å². The van der Waals surface area contributed by atoms with Gasteiger partial charge in [0.15, 0.2) is 0 Å². The highest BCUT2D eigenvalue weighted by molar-refractivity contribution is 5.80. The molecule has 0 radical (unpaired) electrons. The van der Waals surface area contributed by atoms with Crippen LogP contribution in [0.15, 0.2) is 78.9 Å². The van der Waals surface area contributed by atoms with E-state index in [1.54, 1.807) is 0 Å². The summed E-state index contributed by atoms with van der Waals surface area (Å²) in [6, 6.07) is 27.4. The second-order valence-electron chi connectivity index (χ2n) is 9.26. The van der Waals surface area contributed by atoms with Gasteiger partial charge in [-0.15, -0.1) is 0 Å². The van der Waals surface area contributed by atoms with Gasteiger partial charge in [-0.05, 0) is 49.4 Å². The molecule has 1 saturated heterocycles. The molecule has 0 unspecified atom stereocenters. The lowest BCUT2D eigenvalue weighted by Crippen LogP contribution is -2.42. The Balaban J connectivity index is 1.24. The van der Waals surface area contributed by atoms with Crippen LogP contribution in [0.5, 0.6) is 0 Å². The van der Waals surface area contributed by atoms with Gasteiger partial charge in [0.2, 0.25) is 11.9 Å². The van der Waals surface area contributed by atoms with Gasteiger partial charge in [-0.1, -0.05) is 72.3 Å². The van der Waals surface area contributed by atoms with Crippen LogP contribution in [0.25, 0.3) is 11.0 Å². The molecule has 34 heavy (non-hydrogen) atoms. The summed E-state index contributed by atoms with van der Waals surface area (Å²) in [6.07, 6.45) is 2.57. The van der Waals surface area contributed by atoms with Gasteiger partial charge in [-0.25, -0.2) is 4.98 Å². The number of fused-ring (bicyclic) bond motifs is 1. The maximum Gasteiger partial charge on any atom is 0.223 e. The molecule has 2 heterocycles. The van der Waals surface area contributed by atoms with Gasteiger partial charge in [0, 0.05) is 25.6 Å². The summed E-state index contributed by atoms with van der Waals surface area (Å²) in [5, 5.41) is 3.15. The van der Waals surface area contributed by atoms with E-state index in [0.29, 0.717) is 6.54 Å². The van der Waals surface area contributed by atoms with E-state index in [1.165, 1.54) is 16.7 Å². The highest BCUT2D eigenvalue weighted by Gasteiger charge is 2.27. The van der Waals surface area contributed by atoms with E-state index in [0.717, 1.165) is 55.9 Å². The molecular weight excluding hydrogens is 420 g/mol. The van der Waals surface area contributed by atoms with E-state index in [9.17, 15) is 4.79 Å². The van der Waals surface area contributed by atoms with Crippen LogP contribution in [0.4, 0.5) is 5.95 Å². The van der Waals surface area contributed by atoms with Gasteiger partial charge < -0.3 is 14.8 Å². The van der Waals surface area contributed by atoms with Crippen LogP contribution in [0.1, 0.15) is 29.5 Å². The minimum atomic E-state index is 0.0713. The number of benzene rings is 3. The van der Waals surface area contributed by atoms with E-state index < -0.39 is 0 Å². The third-order valence-electron chi connectivity index (χ3n) is 6.80. The molecule has 0 bridgehead atoms. The first-order chi connectivity index (χ1) is 16.7. The predicted octanol–water partition coefficient (Wildman–Crippen LogP) is 4.97. The largest absolute Gasteiger partial charge is 0.356 e. The number of aryl methyl sites for hydroxylation is 1. The molecule has 5 heteroatoms. The van der Waals surface area contributed by atoms with Gasteiger partial charge in [0.05, 0.1) is 17.6 Å². The fourth-order valence-corrected chi connectivity index (χ4v) is 4.80. The zero-order valence-electron chi connectivity index (χ0n) is 19.8. The fraction of sp³-hybridized carbons (Fsp3) is 0.310. The standard InChI is InChI=1S/C29H32N4O/c1-22-11-13-24(14-12-22)21-33-27-10-6-5-9-26(27)31-29(33)32-19-16-25(17-20-32)28(34)30-18-15-23-7-3-2-4-8-23/h2-14,25H,15-21H2,1H3,(H,30,34). The number of carbonyl (C=O) groups excluding carboxylic acids is 1. The second-order valence-corrected chi connectivity index (χ2v) is 9.26. The number of carbonyl (C=O) groups is 1. The summed E-state index contributed by atoms with van der Waals surface area (Å²) in [5.41, 5.74) is 5.96. The van der Waals surface area contributed by atoms with E-state index in [-0.39, 0.29) is 11.8 Å². The summed E-state index contributed by atoms with van der Waals surface area (Å²) >= 11 is 0. The Morgan fingerprint density at radius 1 is 0.912 bits per heavy atom. The molecule has 5 rings (SSSR count). The molecule has 1 aliphatic heterocycles. The van der Waals surface area contributed by atoms with Gasteiger partial charge >= 0.3 is 0 Å². The first-order valence-corrected chi connectivity index (χ1v) is 12.2. The third-order valence-corrected chi connectivity index (χ3v) is 6.80. The van der Waals surface area contributed by atoms with Gasteiger partial charge in [0.1, 0.15) is 0 Å².